The zero-order valence-corrected chi connectivity index (χ0v) is 12.5. The van der Waals surface area contributed by atoms with Crippen LogP contribution in [-0.2, 0) is 0 Å². The monoisotopic (exact) mass is 261 g/mol. The average Bonchev–Trinajstić information content (AvgIpc) is 2.46. The van der Waals surface area contributed by atoms with Crippen LogP contribution in [0.3, 0.4) is 0 Å². The van der Waals surface area contributed by atoms with Gasteiger partial charge in [-0.1, -0.05) is 25.1 Å². The van der Waals surface area contributed by atoms with Crippen molar-refractivity contribution in [2.75, 3.05) is 32.1 Å². The molecule has 1 heterocycles. The first-order chi connectivity index (χ1) is 9.13. The molecule has 2 N–H and O–H groups in total. The number of rotatable bonds is 4. The Hall–Kier alpha value is -1.06. The molecule has 0 spiro atoms. The van der Waals surface area contributed by atoms with Gasteiger partial charge in [-0.15, -0.1) is 0 Å². The van der Waals surface area contributed by atoms with E-state index in [1.165, 1.54) is 37.2 Å². The summed E-state index contributed by atoms with van der Waals surface area (Å²) in [5.74, 6) is 0. The van der Waals surface area contributed by atoms with Gasteiger partial charge in [0.1, 0.15) is 0 Å². The number of hydrogen-bond acceptors (Lipinski definition) is 3. The van der Waals surface area contributed by atoms with Crippen LogP contribution in [0.25, 0.3) is 0 Å². The van der Waals surface area contributed by atoms with Gasteiger partial charge >= 0.3 is 0 Å². The second-order valence-corrected chi connectivity index (χ2v) is 5.72. The molecule has 1 aliphatic heterocycles. The van der Waals surface area contributed by atoms with Crippen LogP contribution in [0.1, 0.15) is 37.8 Å². The van der Waals surface area contributed by atoms with E-state index in [0.717, 1.165) is 6.42 Å². The van der Waals surface area contributed by atoms with Crippen molar-refractivity contribution in [2.24, 2.45) is 5.73 Å². The normalized spacial score (nSPS) is 19.4. The Morgan fingerprint density at radius 2 is 1.95 bits per heavy atom. The Labute approximate surface area is 117 Å². The molecule has 2 rings (SSSR count). The summed E-state index contributed by atoms with van der Waals surface area (Å²) in [7, 11) is 4.42. The minimum absolute atomic E-state index is 0.143. The Morgan fingerprint density at radius 1 is 1.32 bits per heavy atom. The van der Waals surface area contributed by atoms with Crippen molar-refractivity contribution in [1.82, 2.24) is 4.90 Å². The molecule has 0 aliphatic carbocycles. The summed E-state index contributed by atoms with van der Waals surface area (Å²) in [6, 6.07) is 9.38. The smallest absolute Gasteiger partial charge is 0.0414 e. The van der Waals surface area contributed by atoms with E-state index < -0.39 is 0 Å². The molecule has 0 bridgehead atoms. The maximum atomic E-state index is 6.25. The molecular weight excluding hydrogens is 234 g/mol. The largest absolute Gasteiger partial charge is 0.371 e. The Kier molecular flexibility index (Phi) is 4.83. The number of nitrogens with two attached hydrogens (primary N) is 1. The standard InChI is InChI=1S/C16H27N3/c1-4-15(17)14-7-5-6-8-16(14)19(3)13-9-11-18(2)12-10-13/h5-8,13,15H,4,9-12,17H2,1-3H3/t15-/m1/s1. The maximum absolute atomic E-state index is 6.25. The summed E-state index contributed by atoms with van der Waals surface area (Å²) in [6.07, 6.45) is 3.46. The number of hydrogen-bond donors (Lipinski definition) is 1. The zero-order chi connectivity index (χ0) is 13.8. The van der Waals surface area contributed by atoms with Gasteiger partial charge in [-0.2, -0.15) is 0 Å². The van der Waals surface area contributed by atoms with E-state index in [-0.39, 0.29) is 6.04 Å². The number of anilines is 1. The summed E-state index contributed by atoms with van der Waals surface area (Å²) in [4.78, 5) is 4.85. The van der Waals surface area contributed by atoms with Crippen molar-refractivity contribution in [3.8, 4) is 0 Å². The van der Waals surface area contributed by atoms with E-state index in [0.29, 0.717) is 6.04 Å². The van der Waals surface area contributed by atoms with Gasteiger partial charge in [0.05, 0.1) is 0 Å². The molecular formula is C16H27N3. The summed E-state index contributed by atoms with van der Waals surface area (Å²) < 4.78 is 0. The quantitative estimate of drug-likeness (QED) is 0.904. The molecule has 0 aromatic heterocycles. The lowest BCUT2D eigenvalue weighted by Gasteiger charge is -2.37. The second kappa shape index (κ2) is 6.40. The molecule has 0 amide bonds. The first-order valence-electron chi connectivity index (χ1n) is 7.39. The van der Waals surface area contributed by atoms with Crippen LogP contribution >= 0.6 is 0 Å². The average molecular weight is 261 g/mol. The SMILES string of the molecule is CC[C@@H](N)c1ccccc1N(C)C1CCN(C)CC1. The highest BCUT2D eigenvalue weighted by Crippen LogP contribution is 2.29. The van der Waals surface area contributed by atoms with Crippen molar-refractivity contribution in [2.45, 2.75) is 38.3 Å². The van der Waals surface area contributed by atoms with Crippen LogP contribution in [-0.4, -0.2) is 38.1 Å². The number of piperidine rings is 1. The molecule has 3 nitrogen and oxygen atoms in total. The van der Waals surface area contributed by atoms with Crippen LogP contribution in [0.15, 0.2) is 24.3 Å². The van der Waals surface area contributed by atoms with Gasteiger partial charge in [0.2, 0.25) is 0 Å². The maximum Gasteiger partial charge on any atom is 0.0414 e. The summed E-state index contributed by atoms with van der Waals surface area (Å²) >= 11 is 0. The molecule has 1 aromatic rings. The minimum atomic E-state index is 0.143. The molecule has 0 radical (unpaired) electrons. The number of likely N-dealkylation sites (tertiary alicyclic amines) is 1. The van der Waals surface area contributed by atoms with Gasteiger partial charge < -0.3 is 15.5 Å². The van der Waals surface area contributed by atoms with E-state index in [2.05, 4.69) is 55.1 Å². The molecule has 0 unspecified atom stereocenters. The molecule has 0 saturated carbocycles. The highest BCUT2D eigenvalue weighted by molar-refractivity contribution is 5.55. The van der Waals surface area contributed by atoms with E-state index in [1.54, 1.807) is 0 Å². The number of benzene rings is 1. The Bertz CT molecular complexity index is 397. The van der Waals surface area contributed by atoms with Gasteiger partial charge in [-0.3, -0.25) is 0 Å². The highest BCUT2D eigenvalue weighted by Gasteiger charge is 2.22. The van der Waals surface area contributed by atoms with Crippen LogP contribution < -0.4 is 10.6 Å². The van der Waals surface area contributed by atoms with E-state index in [9.17, 15) is 0 Å². The van der Waals surface area contributed by atoms with Crippen molar-refractivity contribution >= 4 is 5.69 Å². The van der Waals surface area contributed by atoms with Gasteiger partial charge in [0.25, 0.3) is 0 Å². The fourth-order valence-corrected chi connectivity index (χ4v) is 2.92. The van der Waals surface area contributed by atoms with Gasteiger partial charge in [-0.05, 0) is 51.0 Å². The zero-order valence-electron chi connectivity index (χ0n) is 12.5. The molecule has 106 valence electrons. The molecule has 19 heavy (non-hydrogen) atoms. The lowest BCUT2D eigenvalue weighted by atomic mass is 9.99. The van der Waals surface area contributed by atoms with Crippen LogP contribution in [0.5, 0.6) is 0 Å². The van der Waals surface area contributed by atoms with Crippen molar-refractivity contribution in [3.63, 3.8) is 0 Å². The van der Waals surface area contributed by atoms with Crippen molar-refractivity contribution < 1.29 is 0 Å². The lowest BCUT2D eigenvalue weighted by molar-refractivity contribution is 0.252. The third-order valence-electron chi connectivity index (χ3n) is 4.39. The Morgan fingerprint density at radius 3 is 2.58 bits per heavy atom. The molecule has 1 aromatic carbocycles. The topological polar surface area (TPSA) is 32.5 Å². The predicted molar refractivity (Wildman–Crippen MR) is 82.6 cm³/mol. The van der Waals surface area contributed by atoms with Crippen molar-refractivity contribution in [3.05, 3.63) is 29.8 Å². The third kappa shape index (κ3) is 3.28. The van der Waals surface area contributed by atoms with Gasteiger partial charge in [0.15, 0.2) is 0 Å². The van der Waals surface area contributed by atoms with Crippen LogP contribution in [0.2, 0.25) is 0 Å². The van der Waals surface area contributed by atoms with Crippen molar-refractivity contribution in [1.29, 1.82) is 0 Å². The number of nitrogens with zero attached hydrogens (tertiary/aromatic N) is 2. The van der Waals surface area contributed by atoms with Crippen LogP contribution in [0, 0.1) is 0 Å². The lowest BCUT2D eigenvalue weighted by Crippen LogP contribution is -2.42. The van der Waals surface area contributed by atoms with Gasteiger partial charge in [-0.25, -0.2) is 0 Å². The number of para-hydroxylation sites is 1. The summed E-state index contributed by atoms with van der Waals surface area (Å²) in [5.41, 5.74) is 8.84. The fourth-order valence-electron chi connectivity index (χ4n) is 2.92. The first kappa shape index (κ1) is 14.4. The fraction of sp³-hybridized carbons (Fsp3) is 0.625. The first-order valence-corrected chi connectivity index (χ1v) is 7.39. The second-order valence-electron chi connectivity index (χ2n) is 5.72. The van der Waals surface area contributed by atoms with Crippen LogP contribution in [0.4, 0.5) is 5.69 Å². The van der Waals surface area contributed by atoms with Gasteiger partial charge in [0, 0.05) is 24.8 Å². The molecule has 1 fully saturated rings. The summed E-state index contributed by atoms with van der Waals surface area (Å²) in [6.45, 7) is 4.53. The van der Waals surface area contributed by atoms with E-state index in [1.807, 2.05) is 0 Å². The van der Waals surface area contributed by atoms with E-state index >= 15 is 0 Å². The predicted octanol–water partition coefficient (Wildman–Crippen LogP) is 2.63. The Balaban J connectivity index is 2.16. The summed E-state index contributed by atoms with van der Waals surface area (Å²) in [5, 5.41) is 0. The molecule has 1 saturated heterocycles. The highest BCUT2D eigenvalue weighted by atomic mass is 15.2. The molecule has 1 atom stereocenters. The third-order valence-corrected chi connectivity index (χ3v) is 4.39. The van der Waals surface area contributed by atoms with E-state index in [4.69, 9.17) is 5.73 Å². The molecule has 3 heteroatoms. The molecule has 1 aliphatic rings. The minimum Gasteiger partial charge on any atom is -0.371 e.